The quantitative estimate of drug-likeness (QED) is 0.569. The first kappa shape index (κ1) is 21.0. The van der Waals surface area contributed by atoms with Gasteiger partial charge in [0, 0.05) is 12.6 Å². The fourth-order valence-corrected chi connectivity index (χ4v) is 3.66. The van der Waals surface area contributed by atoms with Crippen molar-refractivity contribution < 1.29 is 22.4 Å². The number of carbonyl (C=O) groups is 1. The number of rotatable bonds is 4. The van der Waals surface area contributed by atoms with Crippen molar-refractivity contribution in [3.8, 4) is 0 Å². The highest BCUT2D eigenvalue weighted by atomic mass is 79.9. The van der Waals surface area contributed by atoms with Gasteiger partial charge in [-0.15, -0.1) is 0 Å². The Kier molecular flexibility index (Phi) is 5.52. The molecule has 0 radical (unpaired) electrons. The van der Waals surface area contributed by atoms with Gasteiger partial charge in [-0.2, -0.15) is 23.4 Å². The van der Waals surface area contributed by atoms with Gasteiger partial charge in [0.05, 0.1) is 28.1 Å². The van der Waals surface area contributed by atoms with Crippen molar-refractivity contribution in [1.82, 2.24) is 19.6 Å². The van der Waals surface area contributed by atoms with Crippen LogP contribution in [0.5, 0.6) is 0 Å². The van der Waals surface area contributed by atoms with Crippen molar-refractivity contribution >= 4 is 27.5 Å². The van der Waals surface area contributed by atoms with Gasteiger partial charge < -0.3 is 5.32 Å². The van der Waals surface area contributed by atoms with Crippen molar-refractivity contribution in [1.29, 1.82) is 0 Å². The number of halogens is 5. The predicted molar refractivity (Wildman–Crippen MR) is 101 cm³/mol. The number of aromatic nitrogens is 4. The molecule has 2 heterocycles. The molecule has 1 aromatic carbocycles. The summed E-state index contributed by atoms with van der Waals surface area (Å²) in [6, 6.07) is 6.23. The Morgan fingerprint density at radius 2 is 1.86 bits per heavy atom. The van der Waals surface area contributed by atoms with Crippen molar-refractivity contribution in [3.05, 3.63) is 62.9 Å². The van der Waals surface area contributed by atoms with Gasteiger partial charge in [-0.1, -0.05) is 18.2 Å². The third kappa shape index (κ3) is 4.04. The number of aryl methyl sites for hydroxylation is 2. The summed E-state index contributed by atoms with van der Waals surface area (Å²) in [6.45, 7) is 3.46. The lowest BCUT2D eigenvalue weighted by Gasteiger charge is -2.08. The second-order valence-electron chi connectivity index (χ2n) is 6.38. The number of anilines is 1. The van der Waals surface area contributed by atoms with E-state index < -0.39 is 22.3 Å². The van der Waals surface area contributed by atoms with Crippen LogP contribution in [0.3, 0.4) is 0 Å². The van der Waals surface area contributed by atoms with Crippen LogP contribution in [-0.4, -0.2) is 25.5 Å². The summed E-state index contributed by atoms with van der Waals surface area (Å²) in [5.41, 5.74) is 0.273. The molecule has 0 fully saturated rings. The average molecular weight is 474 g/mol. The van der Waals surface area contributed by atoms with Crippen LogP contribution in [0.4, 0.5) is 23.2 Å². The fourth-order valence-electron chi connectivity index (χ4n) is 2.92. The van der Waals surface area contributed by atoms with E-state index in [2.05, 4.69) is 31.4 Å². The van der Waals surface area contributed by atoms with E-state index in [0.29, 0.717) is 22.6 Å². The number of amides is 1. The zero-order valence-corrected chi connectivity index (χ0v) is 17.2. The smallest absolute Gasteiger partial charge is 0.317 e. The van der Waals surface area contributed by atoms with Crippen LogP contribution in [0, 0.1) is 19.7 Å². The summed E-state index contributed by atoms with van der Waals surface area (Å²) in [7, 11) is 1.25. The highest BCUT2D eigenvalue weighted by molar-refractivity contribution is 9.10. The van der Waals surface area contributed by atoms with E-state index in [0.717, 1.165) is 4.68 Å². The van der Waals surface area contributed by atoms with Gasteiger partial charge in [0.1, 0.15) is 11.5 Å². The topological polar surface area (TPSA) is 64.7 Å². The first-order valence-corrected chi connectivity index (χ1v) is 9.18. The van der Waals surface area contributed by atoms with Gasteiger partial charge in [-0.3, -0.25) is 14.2 Å². The maximum Gasteiger partial charge on any atom is 0.436 e. The summed E-state index contributed by atoms with van der Waals surface area (Å²) in [4.78, 5) is 12.7. The minimum Gasteiger partial charge on any atom is -0.317 e. The lowest BCUT2D eigenvalue weighted by atomic mass is 10.2. The second-order valence-corrected chi connectivity index (χ2v) is 7.17. The van der Waals surface area contributed by atoms with Crippen molar-refractivity contribution in [2.24, 2.45) is 7.05 Å². The molecule has 0 aliphatic heterocycles. The van der Waals surface area contributed by atoms with Crippen LogP contribution in [0.25, 0.3) is 0 Å². The molecule has 3 rings (SSSR count). The SMILES string of the molecule is Cc1nn(Cc2ccccc2F)c(C)c1NC(=O)c1c(Br)c(C(F)(F)F)nn1C. The molecule has 29 heavy (non-hydrogen) atoms. The van der Waals surface area contributed by atoms with Crippen LogP contribution in [0.15, 0.2) is 28.7 Å². The highest BCUT2D eigenvalue weighted by Gasteiger charge is 2.39. The zero-order chi connectivity index (χ0) is 21.5. The molecule has 1 amide bonds. The molecule has 0 spiro atoms. The standard InChI is InChI=1S/C18H16BrF4N5O/c1-9-14(10(2)28(25-9)8-11-6-4-5-7-12(11)20)24-17(29)15-13(19)16(18(21,22)23)26-27(15)3/h4-7H,8H2,1-3H3,(H,24,29). The summed E-state index contributed by atoms with van der Waals surface area (Å²) < 4.78 is 54.9. The van der Waals surface area contributed by atoms with E-state index in [4.69, 9.17) is 0 Å². The first-order chi connectivity index (χ1) is 13.5. The van der Waals surface area contributed by atoms with E-state index in [1.807, 2.05) is 0 Å². The van der Waals surface area contributed by atoms with E-state index in [-0.39, 0.29) is 18.1 Å². The Bertz CT molecular complexity index is 1090. The molecule has 0 aliphatic rings. The van der Waals surface area contributed by atoms with Crippen molar-refractivity contribution in [2.45, 2.75) is 26.6 Å². The largest absolute Gasteiger partial charge is 0.436 e. The number of nitrogens with one attached hydrogen (secondary N) is 1. The molecule has 6 nitrogen and oxygen atoms in total. The number of carbonyl (C=O) groups excluding carboxylic acids is 1. The molecule has 0 atom stereocenters. The molecule has 154 valence electrons. The number of benzene rings is 1. The Morgan fingerprint density at radius 1 is 1.21 bits per heavy atom. The fraction of sp³-hybridized carbons (Fsp3) is 0.278. The van der Waals surface area contributed by atoms with Crippen molar-refractivity contribution in [2.75, 3.05) is 5.32 Å². The monoisotopic (exact) mass is 473 g/mol. The average Bonchev–Trinajstić information content (AvgIpc) is 3.07. The van der Waals surface area contributed by atoms with E-state index >= 15 is 0 Å². The van der Waals surface area contributed by atoms with E-state index in [1.54, 1.807) is 32.0 Å². The Balaban J connectivity index is 1.90. The van der Waals surface area contributed by atoms with Crippen LogP contribution < -0.4 is 5.32 Å². The molecule has 0 saturated heterocycles. The van der Waals surface area contributed by atoms with E-state index in [1.165, 1.54) is 17.8 Å². The second kappa shape index (κ2) is 7.62. The third-order valence-electron chi connectivity index (χ3n) is 4.37. The number of hydrogen-bond acceptors (Lipinski definition) is 3. The Hall–Kier alpha value is -2.69. The van der Waals surface area contributed by atoms with Gasteiger partial charge in [0.2, 0.25) is 0 Å². The minimum atomic E-state index is -4.70. The molecule has 0 aliphatic carbocycles. The van der Waals surface area contributed by atoms with Gasteiger partial charge in [-0.05, 0) is 35.8 Å². The summed E-state index contributed by atoms with van der Waals surface area (Å²) in [6.07, 6.45) is -4.70. The number of nitrogens with zero attached hydrogens (tertiary/aromatic N) is 4. The van der Waals surface area contributed by atoms with Crippen molar-refractivity contribution in [3.63, 3.8) is 0 Å². The molecule has 0 bridgehead atoms. The molecular weight excluding hydrogens is 458 g/mol. The zero-order valence-electron chi connectivity index (χ0n) is 15.6. The third-order valence-corrected chi connectivity index (χ3v) is 5.12. The molecule has 1 N–H and O–H groups in total. The molecule has 0 saturated carbocycles. The molecule has 2 aromatic heterocycles. The van der Waals surface area contributed by atoms with Gasteiger partial charge >= 0.3 is 6.18 Å². The van der Waals surface area contributed by atoms with Crippen LogP contribution >= 0.6 is 15.9 Å². The van der Waals surface area contributed by atoms with Gasteiger partial charge in [-0.25, -0.2) is 4.39 Å². The van der Waals surface area contributed by atoms with Crippen LogP contribution in [0.1, 0.15) is 33.1 Å². The molecule has 0 unspecified atom stereocenters. The van der Waals surface area contributed by atoms with E-state index in [9.17, 15) is 22.4 Å². The Morgan fingerprint density at radius 3 is 2.45 bits per heavy atom. The summed E-state index contributed by atoms with van der Waals surface area (Å²) in [5.74, 6) is -1.16. The van der Waals surface area contributed by atoms with Crippen LogP contribution in [-0.2, 0) is 19.8 Å². The normalized spacial score (nSPS) is 11.7. The number of hydrogen-bond donors (Lipinski definition) is 1. The molecular formula is C18H16BrF4N5O. The molecule has 3 aromatic rings. The summed E-state index contributed by atoms with van der Waals surface area (Å²) in [5, 5.41) is 10.3. The lowest BCUT2D eigenvalue weighted by Crippen LogP contribution is -2.17. The van der Waals surface area contributed by atoms with Crippen LogP contribution in [0.2, 0.25) is 0 Å². The maximum atomic E-state index is 13.9. The molecule has 11 heteroatoms. The Labute approximate surface area is 171 Å². The summed E-state index contributed by atoms with van der Waals surface area (Å²) >= 11 is 2.82. The van der Waals surface area contributed by atoms with Gasteiger partial charge in [0.15, 0.2) is 5.69 Å². The first-order valence-electron chi connectivity index (χ1n) is 8.39. The lowest BCUT2D eigenvalue weighted by molar-refractivity contribution is -0.142. The predicted octanol–water partition coefficient (Wildman–Crippen LogP) is 4.45. The highest BCUT2D eigenvalue weighted by Crippen LogP contribution is 2.36. The number of alkyl halides is 3. The van der Waals surface area contributed by atoms with Gasteiger partial charge in [0.25, 0.3) is 5.91 Å². The maximum absolute atomic E-state index is 13.9. The minimum absolute atomic E-state index is 0.142.